The first-order chi connectivity index (χ1) is 53.3. The van der Waals surface area contributed by atoms with E-state index in [1.54, 1.807) is 6.08 Å². The molecular weight excluding hydrogens is 1380 g/mol. The van der Waals surface area contributed by atoms with Crippen molar-refractivity contribution in [2.75, 3.05) is 26.4 Å². The number of unbranched alkanes of at least 4 members (excludes halogenated alkanes) is 43. The molecule has 0 radical (unpaired) electrons. The number of rotatable bonds is 71. The number of ether oxygens (including phenoxy) is 6. The molecule has 3 fully saturated rings. The second-order valence-electron chi connectivity index (χ2n) is 31.3. The summed E-state index contributed by atoms with van der Waals surface area (Å²) in [5, 5.41) is 121. The van der Waals surface area contributed by atoms with Gasteiger partial charge in [0.05, 0.1) is 38.6 Å². The van der Waals surface area contributed by atoms with Crippen molar-refractivity contribution in [1.29, 1.82) is 0 Å². The Kier molecular flexibility index (Phi) is 63.7. The van der Waals surface area contributed by atoms with Gasteiger partial charge in [-0.3, -0.25) is 4.79 Å². The second-order valence-corrected chi connectivity index (χ2v) is 31.3. The molecule has 3 aliphatic rings. The van der Waals surface area contributed by atoms with Crippen LogP contribution < -0.4 is 5.32 Å². The SMILES string of the molecule is CC/C=C\C/C=C\C/C=C\C/C=C\C/C=C\CCCCCCCCCCCCCCCCCCCCCCCC(=O)NC(COC1OC(CO)C(OC2OC(CO)C(OC3OC(CO)C(O)C(O)C3O)C(O)C2O)C(O)C1O)C(O)/C=C/CC/C=C/CCCCCCCCCCCCCCCCCCCCCCC. The second kappa shape index (κ2) is 69.3. The van der Waals surface area contributed by atoms with Crippen LogP contribution in [0.15, 0.2) is 85.1 Å². The average molecular weight is 1550 g/mol. The van der Waals surface area contributed by atoms with Crippen LogP contribution in [-0.2, 0) is 33.2 Å². The number of nitrogens with one attached hydrogen (secondary N) is 1. The summed E-state index contributed by atoms with van der Waals surface area (Å²) in [6, 6.07) is -0.994. The molecule has 19 nitrogen and oxygen atoms in total. The molecule has 0 aromatic carbocycles. The predicted octanol–water partition coefficient (Wildman–Crippen LogP) is 16.5. The van der Waals surface area contributed by atoms with Crippen LogP contribution in [0.25, 0.3) is 0 Å². The molecule has 1 amide bonds. The minimum atomic E-state index is -1.98. The van der Waals surface area contributed by atoms with Gasteiger partial charge in [0.2, 0.25) is 5.91 Å². The maximum absolute atomic E-state index is 13.5. The maximum atomic E-state index is 13.5. The van der Waals surface area contributed by atoms with Crippen molar-refractivity contribution in [2.45, 2.75) is 452 Å². The Morgan fingerprint density at radius 2 is 0.642 bits per heavy atom. The zero-order valence-electron chi connectivity index (χ0n) is 68.3. The molecule has 0 aliphatic carbocycles. The fraction of sp³-hybridized carbons (Fsp3) is 0.833. The number of carbonyl (C=O) groups is 1. The van der Waals surface area contributed by atoms with E-state index < -0.39 is 124 Å². The first-order valence-electron chi connectivity index (χ1n) is 44.3. The number of hydrogen-bond donors (Lipinski definition) is 12. The van der Waals surface area contributed by atoms with E-state index in [4.69, 9.17) is 28.4 Å². The van der Waals surface area contributed by atoms with Crippen LogP contribution in [-0.4, -0.2) is 193 Å². The molecule has 19 heteroatoms. The molecule has 3 rings (SSSR count). The van der Waals surface area contributed by atoms with E-state index in [1.165, 1.54) is 244 Å². The number of allylic oxidation sites excluding steroid dienone is 13. The normalized spacial score (nSPS) is 25.7. The third-order valence-electron chi connectivity index (χ3n) is 21.7. The summed E-state index contributed by atoms with van der Waals surface area (Å²) in [7, 11) is 0. The van der Waals surface area contributed by atoms with Crippen molar-refractivity contribution in [1.82, 2.24) is 5.32 Å². The number of amides is 1. The van der Waals surface area contributed by atoms with Crippen molar-refractivity contribution in [2.24, 2.45) is 0 Å². The van der Waals surface area contributed by atoms with Crippen LogP contribution in [0.2, 0.25) is 0 Å². The van der Waals surface area contributed by atoms with E-state index in [0.29, 0.717) is 12.8 Å². The van der Waals surface area contributed by atoms with Gasteiger partial charge < -0.3 is 89.9 Å². The Hall–Kier alpha value is -3.03. The third-order valence-corrected chi connectivity index (χ3v) is 21.7. The molecule has 0 bridgehead atoms. The first-order valence-corrected chi connectivity index (χ1v) is 44.3. The third kappa shape index (κ3) is 48.2. The predicted molar refractivity (Wildman–Crippen MR) is 438 cm³/mol. The molecule has 634 valence electrons. The van der Waals surface area contributed by atoms with Crippen molar-refractivity contribution in [3.8, 4) is 0 Å². The summed E-state index contributed by atoms with van der Waals surface area (Å²) in [4.78, 5) is 13.5. The number of hydrogen-bond acceptors (Lipinski definition) is 18. The van der Waals surface area contributed by atoms with E-state index >= 15 is 0 Å². The standard InChI is InChI=1S/C90H161NO18/c1-3-5-7-9-11-13-15-17-19-21-23-25-27-29-31-32-33-34-35-36-37-38-39-40-42-44-46-48-50-52-54-56-58-60-62-64-66-68-78(96)91-73(74(95)67-65-63-61-59-57-55-53-51-49-47-45-43-41-30-28-26-24-22-20-18-16-14-12-10-8-6-4-2)72-104-88-84(102)81(99)86(76(70-93)106-88)109-90-85(103)82(100)87(77(71-94)107-90)108-89-83(101)80(98)79(97)75(69-92)105-89/h5,7,11,13,17,19,23,25,29,31,57,59,65,67,73-77,79-90,92-95,97-103H,3-4,6,8-10,12,14-16,18,20-22,24,26-28,30,32-56,58,60-64,66,68-72H2,1-2H3,(H,91,96)/b7-5-,13-11-,19-17-,25-23-,31-29-,59-57+,67-65+. The molecule has 0 aromatic heterocycles. The van der Waals surface area contributed by atoms with E-state index in [2.05, 4.69) is 92.1 Å². The van der Waals surface area contributed by atoms with Crippen molar-refractivity contribution >= 4 is 5.91 Å². The molecule has 17 atom stereocenters. The first kappa shape index (κ1) is 100. The van der Waals surface area contributed by atoms with Gasteiger partial charge in [-0.25, -0.2) is 0 Å². The highest BCUT2D eigenvalue weighted by Crippen LogP contribution is 2.33. The van der Waals surface area contributed by atoms with E-state index in [0.717, 1.165) is 70.6 Å². The van der Waals surface area contributed by atoms with Gasteiger partial charge >= 0.3 is 0 Å². The molecule has 3 saturated heterocycles. The molecule has 3 aliphatic heterocycles. The van der Waals surface area contributed by atoms with Gasteiger partial charge in [0.1, 0.15) is 73.2 Å². The van der Waals surface area contributed by atoms with Crippen LogP contribution >= 0.6 is 0 Å². The van der Waals surface area contributed by atoms with Gasteiger partial charge in [-0.2, -0.15) is 0 Å². The fourth-order valence-corrected chi connectivity index (χ4v) is 14.7. The van der Waals surface area contributed by atoms with Gasteiger partial charge in [0.25, 0.3) is 0 Å². The quantitative estimate of drug-likeness (QED) is 0.0199. The van der Waals surface area contributed by atoms with Crippen molar-refractivity contribution in [3.05, 3.63) is 85.1 Å². The zero-order chi connectivity index (χ0) is 78.8. The van der Waals surface area contributed by atoms with E-state index in [9.17, 15) is 61.0 Å². The number of aliphatic hydroxyl groups excluding tert-OH is 11. The lowest BCUT2D eigenvalue weighted by atomic mass is 9.96. The molecular formula is C90H161NO18. The lowest BCUT2D eigenvalue weighted by Gasteiger charge is -2.48. The molecule has 0 saturated carbocycles. The number of carbonyl (C=O) groups excluding carboxylic acids is 1. The van der Waals surface area contributed by atoms with Crippen LogP contribution in [0.3, 0.4) is 0 Å². The highest BCUT2D eigenvalue weighted by Gasteiger charge is 2.54. The highest BCUT2D eigenvalue weighted by molar-refractivity contribution is 5.76. The van der Waals surface area contributed by atoms with E-state index in [1.807, 2.05) is 6.08 Å². The van der Waals surface area contributed by atoms with Gasteiger partial charge in [0, 0.05) is 6.42 Å². The molecule has 3 heterocycles. The van der Waals surface area contributed by atoms with Gasteiger partial charge in [-0.15, -0.1) is 0 Å². The summed E-state index contributed by atoms with van der Waals surface area (Å²) < 4.78 is 34.5. The summed E-state index contributed by atoms with van der Waals surface area (Å²) in [5.74, 6) is -0.281. The molecule has 0 aromatic rings. The highest BCUT2D eigenvalue weighted by atomic mass is 16.8. The summed E-state index contributed by atoms with van der Waals surface area (Å²) in [5.41, 5.74) is 0. The Bertz CT molecular complexity index is 2300. The summed E-state index contributed by atoms with van der Waals surface area (Å²) in [6.07, 6.45) is 67.3. The molecule has 109 heavy (non-hydrogen) atoms. The van der Waals surface area contributed by atoms with Crippen LogP contribution in [0.4, 0.5) is 0 Å². The largest absolute Gasteiger partial charge is 0.394 e. The zero-order valence-corrected chi connectivity index (χ0v) is 68.3. The monoisotopic (exact) mass is 1540 g/mol. The van der Waals surface area contributed by atoms with Crippen LogP contribution in [0.1, 0.15) is 348 Å². The molecule has 12 N–H and O–H groups in total. The van der Waals surface area contributed by atoms with Gasteiger partial charge in [0.15, 0.2) is 18.9 Å². The average Bonchev–Trinajstić information content (AvgIpc) is 0.760. The lowest BCUT2D eigenvalue weighted by Crippen LogP contribution is -2.66. The lowest BCUT2D eigenvalue weighted by molar-refractivity contribution is -0.379. The van der Waals surface area contributed by atoms with Crippen LogP contribution in [0, 0.1) is 0 Å². The van der Waals surface area contributed by atoms with E-state index in [-0.39, 0.29) is 18.9 Å². The Morgan fingerprint density at radius 1 is 0.339 bits per heavy atom. The topological polar surface area (TPSA) is 307 Å². The maximum Gasteiger partial charge on any atom is 0.220 e. The minimum absolute atomic E-state index is 0.236. The van der Waals surface area contributed by atoms with Crippen molar-refractivity contribution in [3.63, 3.8) is 0 Å². The minimum Gasteiger partial charge on any atom is -0.394 e. The fourth-order valence-electron chi connectivity index (χ4n) is 14.7. The Labute approximate surface area is 661 Å². The number of aliphatic hydroxyl groups is 11. The van der Waals surface area contributed by atoms with Gasteiger partial charge in [-0.1, -0.05) is 349 Å². The Morgan fingerprint density at radius 3 is 1.03 bits per heavy atom. The summed E-state index contributed by atoms with van der Waals surface area (Å²) >= 11 is 0. The van der Waals surface area contributed by atoms with Gasteiger partial charge in [-0.05, 0) is 77.0 Å². The Balaban J connectivity index is 1.33. The van der Waals surface area contributed by atoms with Crippen molar-refractivity contribution < 1.29 is 89.4 Å². The summed E-state index contributed by atoms with van der Waals surface area (Å²) in [6.45, 7) is 1.65. The molecule has 17 unspecified atom stereocenters. The smallest absolute Gasteiger partial charge is 0.220 e. The molecule has 0 spiro atoms. The van der Waals surface area contributed by atoms with Crippen LogP contribution in [0.5, 0.6) is 0 Å².